The second-order valence-electron chi connectivity index (χ2n) is 14.3. The molecule has 0 bridgehead atoms. The molecule has 0 atom stereocenters. The highest BCUT2D eigenvalue weighted by Crippen LogP contribution is 2.27. The van der Waals surface area contributed by atoms with Crippen LogP contribution in [0, 0.1) is 17.0 Å². The smallest absolute Gasteiger partial charge is 0.269 e. The molecule has 1 fully saturated rings. The number of carbonyl (C=O) groups is 4. The van der Waals surface area contributed by atoms with Crippen molar-refractivity contribution in [3.05, 3.63) is 150 Å². The number of nitrogens with zero attached hydrogens (tertiary/aromatic N) is 5. The molecule has 2 aliphatic rings. The van der Waals surface area contributed by atoms with Crippen molar-refractivity contribution in [3.63, 3.8) is 0 Å². The van der Waals surface area contributed by atoms with E-state index in [0.29, 0.717) is 45.2 Å². The van der Waals surface area contributed by atoms with Crippen molar-refractivity contribution in [2.75, 3.05) is 54.5 Å². The number of piperidine rings is 1. The van der Waals surface area contributed by atoms with Gasteiger partial charge < -0.3 is 31.1 Å². The second-order valence-corrected chi connectivity index (χ2v) is 17.0. The van der Waals surface area contributed by atoms with Gasteiger partial charge in [-0.1, -0.05) is 35.3 Å². The topological polar surface area (TPSA) is 185 Å². The number of amidine groups is 2. The molecule has 0 saturated carbocycles. The number of aliphatic imine (C=N–C) groups is 1. The lowest BCUT2D eigenvalue weighted by molar-refractivity contribution is 0.101. The Balaban J connectivity index is 0.000000192. The van der Waals surface area contributed by atoms with E-state index in [1.807, 2.05) is 16.8 Å². The Labute approximate surface area is 383 Å². The maximum Gasteiger partial charge on any atom is 0.269 e. The van der Waals surface area contributed by atoms with Crippen molar-refractivity contribution >= 4 is 104 Å². The van der Waals surface area contributed by atoms with Crippen LogP contribution < -0.4 is 21.3 Å². The minimum Gasteiger partial charge on any atom is -0.358 e. The fourth-order valence-corrected chi connectivity index (χ4v) is 8.33. The number of rotatable bonds is 10. The van der Waals surface area contributed by atoms with Crippen LogP contribution in [0.4, 0.5) is 31.8 Å². The molecular formula is C44H38Cl2F2N10O4S2. The Hall–Kier alpha value is -6.60. The lowest BCUT2D eigenvalue weighted by Gasteiger charge is -2.29. The molecule has 0 spiro atoms. The number of likely N-dealkylation sites (N-methyl/N-ethyl adjacent to an activating group) is 1. The Morgan fingerprint density at radius 1 is 0.656 bits per heavy atom. The van der Waals surface area contributed by atoms with Gasteiger partial charge >= 0.3 is 0 Å². The van der Waals surface area contributed by atoms with Crippen LogP contribution >= 0.6 is 45.9 Å². The number of likely N-dealkylation sites (tertiary alicyclic amines) is 1. The molecule has 0 radical (unpaired) electrons. The van der Waals surface area contributed by atoms with Gasteiger partial charge in [0.1, 0.15) is 44.7 Å². The summed E-state index contributed by atoms with van der Waals surface area (Å²) in [4.78, 5) is 67.3. The highest BCUT2D eigenvalue weighted by molar-refractivity contribution is 7.13. The number of carbonyl (C=O) groups excluding carboxylic acids is 4. The van der Waals surface area contributed by atoms with E-state index >= 15 is 0 Å². The first-order chi connectivity index (χ1) is 30.8. The van der Waals surface area contributed by atoms with Gasteiger partial charge in [0, 0.05) is 50.2 Å². The van der Waals surface area contributed by atoms with Crippen molar-refractivity contribution < 1.29 is 28.0 Å². The maximum absolute atomic E-state index is 14.8. The Kier molecular flexibility index (Phi) is 14.7. The third kappa shape index (κ3) is 11.1. The first-order valence-corrected chi connectivity index (χ1v) is 22.2. The van der Waals surface area contributed by atoms with Gasteiger partial charge in [0.2, 0.25) is 0 Å². The summed E-state index contributed by atoms with van der Waals surface area (Å²) in [6.07, 6.45) is 5.98. The van der Waals surface area contributed by atoms with E-state index in [2.05, 4.69) is 36.2 Å². The minimum atomic E-state index is -0.724. The molecule has 2 aromatic carbocycles. The molecule has 5 N–H and O–H groups in total. The molecule has 0 unspecified atom stereocenters. The highest BCUT2D eigenvalue weighted by Gasteiger charge is 2.23. The normalized spacial score (nSPS) is 13.3. The number of benzene rings is 2. The summed E-state index contributed by atoms with van der Waals surface area (Å²) in [6, 6.07) is 18.0. The van der Waals surface area contributed by atoms with E-state index in [9.17, 15) is 28.0 Å². The van der Waals surface area contributed by atoms with Gasteiger partial charge in [-0.15, -0.1) is 22.7 Å². The fourth-order valence-electron chi connectivity index (χ4n) is 6.62. The summed E-state index contributed by atoms with van der Waals surface area (Å²) < 4.78 is 29.4. The summed E-state index contributed by atoms with van der Waals surface area (Å²) >= 11 is 13.9. The molecule has 1 saturated heterocycles. The zero-order valence-corrected chi connectivity index (χ0v) is 37.0. The summed E-state index contributed by atoms with van der Waals surface area (Å²) in [7, 11) is 1.88. The van der Waals surface area contributed by atoms with Gasteiger partial charge in [-0.25, -0.2) is 18.7 Å². The Bertz CT molecular complexity index is 2740. The number of halogens is 4. The van der Waals surface area contributed by atoms with Crippen molar-refractivity contribution in [1.29, 1.82) is 5.41 Å². The summed E-state index contributed by atoms with van der Waals surface area (Å²) in [6.45, 7) is 2.98. The largest absolute Gasteiger partial charge is 0.358 e. The van der Waals surface area contributed by atoms with Crippen LogP contribution in [-0.4, -0.2) is 88.3 Å². The standard InChI is InChI=1S/C23H21ClFN5O2S.C21H17ClFN5O2S/c24-15-5-7-19(27-13-15)29-23(32)20-18(8-11-33-20)28-22(31)16-6-4-14(12-17(16)25)21(26)30-9-2-1-3-10-30;1-28-8-7-24-19(28)12-2-4-14(15(23)10-12)20(29)26-16-6-9-31-18(16)21(30)27-17-5-3-13(22)11-25-17/h4-8,11-13,26H,1-3,9-10H2,(H,28,31)(H,27,29,32);2-6,9-11H,7-8H2,1H3,(H,26,29)(H,25,27,30). The number of thiophene rings is 2. The van der Waals surface area contributed by atoms with Gasteiger partial charge in [0.25, 0.3) is 23.6 Å². The number of anilines is 4. The van der Waals surface area contributed by atoms with E-state index in [4.69, 9.17) is 28.6 Å². The molecule has 2 aliphatic heterocycles. The van der Waals surface area contributed by atoms with E-state index < -0.39 is 35.3 Å². The van der Waals surface area contributed by atoms with Gasteiger partial charge in [-0.05, 0) is 90.7 Å². The van der Waals surface area contributed by atoms with Crippen LogP contribution in [-0.2, 0) is 0 Å². The van der Waals surface area contributed by atoms with E-state index in [0.717, 1.165) is 61.6 Å². The van der Waals surface area contributed by atoms with Crippen LogP contribution in [0.15, 0.2) is 101 Å². The van der Waals surface area contributed by atoms with Gasteiger partial charge in [-0.3, -0.25) is 29.6 Å². The van der Waals surface area contributed by atoms with Gasteiger partial charge in [0.05, 0.1) is 39.1 Å². The number of hydrogen-bond donors (Lipinski definition) is 5. The van der Waals surface area contributed by atoms with Crippen molar-refractivity contribution in [2.24, 2.45) is 4.99 Å². The average molecular weight is 944 g/mol. The lowest BCUT2D eigenvalue weighted by Crippen LogP contribution is -2.35. The first kappa shape index (κ1) is 45.4. The molecule has 4 amide bonds. The first-order valence-electron chi connectivity index (χ1n) is 19.7. The highest BCUT2D eigenvalue weighted by atomic mass is 35.5. The lowest BCUT2D eigenvalue weighted by atomic mass is 10.1. The zero-order valence-electron chi connectivity index (χ0n) is 33.9. The monoisotopic (exact) mass is 942 g/mol. The second kappa shape index (κ2) is 20.7. The molecule has 20 heteroatoms. The molecule has 0 aliphatic carbocycles. The van der Waals surface area contributed by atoms with E-state index in [1.54, 1.807) is 59.3 Å². The maximum atomic E-state index is 14.8. The van der Waals surface area contributed by atoms with Crippen molar-refractivity contribution in [3.8, 4) is 0 Å². The molecule has 64 heavy (non-hydrogen) atoms. The fraction of sp³-hybridized carbons (Fsp3) is 0.182. The molecule has 14 nitrogen and oxygen atoms in total. The molecule has 4 aromatic heterocycles. The third-order valence-electron chi connectivity index (χ3n) is 9.87. The molecule has 8 rings (SSSR count). The van der Waals surface area contributed by atoms with Crippen LogP contribution in [0.1, 0.15) is 70.4 Å². The Morgan fingerprint density at radius 2 is 1.19 bits per heavy atom. The quantitative estimate of drug-likeness (QED) is 0.0665. The van der Waals surface area contributed by atoms with E-state index in [-0.39, 0.29) is 38.1 Å². The van der Waals surface area contributed by atoms with Gasteiger partial charge in [-0.2, -0.15) is 0 Å². The van der Waals surface area contributed by atoms with E-state index in [1.165, 1.54) is 36.7 Å². The molecule has 6 aromatic rings. The summed E-state index contributed by atoms with van der Waals surface area (Å²) in [5.74, 6) is -2.04. The minimum absolute atomic E-state index is 0.123. The van der Waals surface area contributed by atoms with Gasteiger partial charge in [0.15, 0.2) is 0 Å². The zero-order chi connectivity index (χ0) is 45.3. The van der Waals surface area contributed by atoms with Crippen LogP contribution in [0.5, 0.6) is 0 Å². The molecular weight excluding hydrogens is 906 g/mol. The SMILES string of the molecule is CN1CCN=C1c1ccc(C(=O)Nc2ccsc2C(=O)Nc2ccc(Cl)cn2)c(F)c1.N=C(c1ccc(C(=O)Nc2ccsc2C(=O)Nc2ccc(Cl)cn2)c(F)c1)N1CCCCC1. The van der Waals surface area contributed by atoms with Crippen LogP contribution in [0.3, 0.4) is 0 Å². The number of aromatic nitrogens is 2. The predicted molar refractivity (Wildman–Crippen MR) is 248 cm³/mol. The predicted octanol–water partition coefficient (Wildman–Crippen LogP) is 9.38. The van der Waals surface area contributed by atoms with Crippen molar-refractivity contribution in [1.82, 2.24) is 19.8 Å². The number of amides is 4. The number of hydrogen-bond acceptors (Lipinski definition) is 11. The average Bonchev–Trinajstić information content (AvgIpc) is 4.07. The summed E-state index contributed by atoms with van der Waals surface area (Å²) in [5, 5.41) is 23.0. The molecule has 328 valence electrons. The van der Waals surface area contributed by atoms with Crippen LogP contribution in [0.2, 0.25) is 10.0 Å². The molecule has 6 heterocycles. The third-order valence-corrected chi connectivity index (χ3v) is 12.1. The summed E-state index contributed by atoms with van der Waals surface area (Å²) in [5.41, 5.74) is 1.30. The Morgan fingerprint density at radius 3 is 1.66 bits per heavy atom. The van der Waals surface area contributed by atoms with Crippen LogP contribution in [0.25, 0.3) is 0 Å². The number of nitrogens with one attached hydrogen (secondary N) is 5. The number of pyridine rings is 2. The van der Waals surface area contributed by atoms with Crippen molar-refractivity contribution in [2.45, 2.75) is 19.3 Å².